The Bertz CT molecular complexity index is 1250. The normalized spacial score (nSPS) is 13.1. The van der Waals surface area contributed by atoms with Crippen molar-refractivity contribution in [2.75, 3.05) is 31.6 Å². The lowest BCUT2D eigenvalue weighted by Gasteiger charge is -2.22. The van der Waals surface area contributed by atoms with E-state index in [1.165, 1.54) is 17.0 Å². The van der Waals surface area contributed by atoms with E-state index in [0.29, 0.717) is 17.5 Å². The molecule has 0 fully saturated rings. The van der Waals surface area contributed by atoms with E-state index in [4.69, 9.17) is 0 Å². The highest BCUT2D eigenvalue weighted by atomic mass is 32.2. The van der Waals surface area contributed by atoms with E-state index in [1.807, 2.05) is 42.5 Å². The molecule has 2 atom stereocenters. The van der Waals surface area contributed by atoms with Crippen molar-refractivity contribution in [2.24, 2.45) is 0 Å². The number of amides is 1. The fourth-order valence-electron chi connectivity index (χ4n) is 3.69. The van der Waals surface area contributed by atoms with Gasteiger partial charge >= 0.3 is 0 Å². The summed E-state index contributed by atoms with van der Waals surface area (Å²) in [5.74, 6) is -0.306. The van der Waals surface area contributed by atoms with E-state index in [1.54, 1.807) is 32.3 Å². The van der Waals surface area contributed by atoms with Gasteiger partial charge in [-0.2, -0.15) is 0 Å². The van der Waals surface area contributed by atoms with Crippen LogP contribution < -0.4 is 10.0 Å². The molecule has 4 N–H and O–H groups in total. The summed E-state index contributed by atoms with van der Waals surface area (Å²) in [5.41, 5.74) is 3.11. The third-order valence-corrected chi connectivity index (χ3v) is 6.10. The number of phenolic OH excluding ortho intramolecular Hbond substituents is 1. The Morgan fingerprint density at radius 2 is 1.60 bits per heavy atom. The van der Waals surface area contributed by atoms with Gasteiger partial charge in [-0.05, 0) is 47.4 Å². The highest BCUT2D eigenvalue weighted by Gasteiger charge is 2.18. The number of phenols is 1. The molecule has 9 heteroatoms. The number of rotatable bonds is 10. The molecule has 0 bridgehead atoms. The molecule has 3 aromatic carbocycles. The lowest BCUT2D eigenvalue weighted by Crippen LogP contribution is -2.28. The molecule has 0 aliphatic heterocycles. The maximum atomic E-state index is 12.2. The molecule has 0 heterocycles. The van der Waals surface area contributed by atoms with Gasteiger partial charge in [0.15, 0.2) is 0 Å². The number of nitrogens with one attached hydrogen (secondary N) is 2. The van der Waals surface area contributed by atoms with Gasteiger partial charge in [0.25, 0.3) is 5.91 Å². The number of carbonyl (C=O) groups excluding carboxylic acids is 1. The van der Waals surface area contributed by atoms with Crippen molar-refractivity contribution >= 4 is 21.6 Å². The Kier molecular flexibility index (Phi) is 8.50. The molecule has 0 spiro atoms. The van der Waals surface area contributed by atoms with Crippen molar-refractivity contribution in [1.82, 2.24) is 10.2 Å². The summed E-state index contributed by atoms with van der Waals surface area (Å²) in [4.78, 5) is 13.8. The maximum absolute atomic E-state index is 12.2. The first-order chi connectivity index (χ1) is 16.5. The van der Waals surface area contributed by atoms with Crippen LogP contribution in [0.15, 0.2) is 72.8 Å². The van der Waals surface area contributed by atoms with Gasteiger partial charge in [0.2, 0.25) is 10.0 Å². The molecule has 0 saturated carbocycles. The quantitative estimate of drug-likeness (QED) is 0.320. The van der Waals surface area contributed by atoms with Crippen LogP contribution in [0.25, 0.3) is 0 Å². The monoisotopic (exact) mass is 497 g/mol. The van der Waals surface area contributed by atoms with Crippen LogP contribution in [0.4, 0.5) is 5.69 Å². The zero-order valence-electron chi connectivity index (χ0n) is 20.0. The molecule has 35 heavy (non-hydrogen) atoms. The minimum atomic E-state index is -3.59. The lowest BCUT2D eigenvalue weighted by molar-refractivity contribution is 0.0827. The first-order valence-corrected chi connectivity index (χ1v) is 13.0. The molecule has 0 saturated heterocycles. The predicted molar refractivity (Wildman–Crippen MR) is 137 cm³/mol. The van der Waals surface area contributed by atoms with Crippen molar-refractivity contribution < 1.29 is 23.4 Å². The Hall–Kier alpha value is -3.40. The zero-order chi connectivity index (χ0) is 25.6. The summed E-state index contributed by atoms with van der Waals surface area (Å²) < 4.78 is 25.4. The Labute approximate surface area is 206 Å². The average Bonchev–Trinajstić information content (AvgIpc) is 2.82. The predicted octanol–water partition coefficient (Wildman–Crippen LogP) is 3.07. The van der Waals surface area contributed by atoms with Gasteiger partial charge in [0.05, 0.1) is 18.0 Å². The number of aliphatic hydroxyl groups is 1. The van der Waals surface area contributed by atoms with Crippen LogP contribution in [0.3, 0.4) is 0 Å². The zero-order valence-corrected chi connectivity index (χ0v) is 20.8. The van der Waals surface area contributed by atoms with Gasteiger partial charge in [0, 0.05) is 32.2 Å². The van der Waals surface area contributed by atoms with Crippen LogP contribution >= 0.6 is 0 Å². The molecule has 0 aliphatic carbocycles. The third kappa shape index (κ3) is 7.54. The first kappa shape index (κ1) is 26.2. The fourth-order valence-corrected chi connectivity index (χ4v) is 4.25. The highest BCUT2D eigenvalue weighted by Crippen LogP contribution is 2.28. The number of hydrogen-bond acceptors (Lipinski definition) is 6. The van der Waals surface area contributed by atoms with Gasteiger partial charge in [-0.3, -0.25) is 9.52 Å². The smallest absolute Gasteiger partial charge is 0.253 e. The summed E-state index contributed by atoms with van der Waals surface area (Å²) in [6.07, 6.45) is 0.691. The largest absolute Gasteiger partial charge is 0.506 e. The number of sulfonamides is 1. The highest BCUT2D eigenvalue weighted by molar-refractivity contribution is 7.92. The molecule has 3 aromatic rings. The topological polar surface area (TPSA) is 119 Å². The van der Waals surface area contributed by atoms with Gasteiger partial charge in [-0.1, -0.05) is 48.5 Å². The second kappa shape index (κ2) is 11.4. The maximum Gasteiger partial charge on any atom is 0.253 e. The minimum Gasteiger partial charge on any atom is -0.506 e. The first-order valence-electron chi connectivity index (χ1n) is 11.1. The second-order valence-electron chi connectivity index (χ2n) is 8.64. The van der Waals surface area contributed by atoms with Crippen LogP contribution in [0.5, 0.6) is 5.75 Å². The summed E-state index contributed by atoms with van der Waals surface area (Å²) in [5, 5.41) is 24.1. The van der Waals surface area contributed by atoms with E-state index >= 15 is 0 Å². The summed E-state index contributed by atoms with van der Waals surface area (Å²) in [7, 11) is -0.176. The number of hydrogen-bond donors (Lipinski definition) is 4. The molecule has 0 aliphatic rings. The Balaban J connectivity index is 1.79. The van der Waals surface area contributed by atoms with Crippen LogP contribution in [0.2, 0.25) is 0 Å². The van der Waals surface area contributed by atoms with Gasteiger partial charge in [0.1, 0.15) is 5.75 Å². The van der Waals surface area contributed by atoms with E-state index < -0.39 is 16.1 Å². The number of aliphatic hydroxyl groups excluding tert-OH is 1. The van der Waals surface area contributed by atoms with Crippen LogP contribution in [0.1, 0.15) is 39.2 Å². The molecule has 0 radical (unpaired) electrons. The van der Waals surface area contributed by atoms with Crippen LogP contribution in [0, 0.1) is 0 Å². The molecule has 186 valence electrons. The molecule has 0 aromatic heterocycles. The number of carbonyl (C=O) groups is 1. The molecule has 8 nitrogen and oxygen atoms in total. The Morgan fingerprint density at radius 3 is 2.20 bits per heavy atom. The standard InChI is InChI=1S/C26H31N3O5S/c1-29(2)26(32)20-11-9-19(10-12-20)22(15-18-7-5-4-6-8-18)27-17-25(31)21-13-14-24(30)23(16-21)28-35(3,33)34/h4-14,16,22,25,27-28,30-31H,15,17H2,1-3H3/t22-,25+/m1/s1. The van der Waals surface area contributed by atoms with Crippen LogP contribution in [-0.4, -0.2) is 56.3 Å². The minimum absolute atomic E-state index is 0.00559. The summed E-state index contributed by atoms with van der Waals surface area (Å²) in [6, 6.07) is 21.5. The lowest BCUT2D eigenvalue weighted by atomic mass is 9.97. The molecular formula is C26H31N3O5S. The average molecular weight is 498 g/mol. The molecule has 1 amide bonds. The summed E-state index contributed by atoms with van der Waals surface area (Å²) in [6.45, 7) is 0.180. The molecule has 3 rings (SSSR count). The van der Waals surface area contributed by atoms with E-state index in [2.05, 4.69) is 10.0 Å². The number of aromatic hydroxyl groups is 1. The van der Waals surface area contributed by atoms with Crippen molar-refractivity contribution in [3.05, 3.63) is 95.1 Å². The van der Waals surface area contributed by atoms with Gasteiger partial charge in [-0.25, -0.2) is 8.42 Å². The number of anilines is 1. The van der Waals surface area contributed by atoms with Gasteiger partial charge in [-0.15, -0.1) is 0 Å². The van der Waals surface area contributed by atoms with E-state index in [9.17, 15) is 23.4 Å². The van der Waals surface area contributed by atoms with E-state index in [-0.39, 0.29) is 29.9 Å². The van der Waals surface area contributed by atoms with E-state index in [0.717, 1.165) is 17.4 Å². The third-order valence-electron chi connectivity index (χ3n) is 5.51. The SMILES string of the molecule is CN(C)C(=O)c1ccc([C@@H](Cc2ccccc2)NC[C@H](O)c2ccc(O)c(NS(C)(=O)=O)c2)cc1. The number of benzene rings is 3. The fraction of sp³-hybridized carbons (Fsp3) is 0.269. The van der Waals surface area contributed by atoms with Crippen molar-refractivity contribution in [3.63, 3.8) is 0 Å². The molecular weight excluding hydrogens is 466 g/mol. The number of nitrogens with zero attached hydrogens (tertiary/aromatic N) is 1. The molecule has 0 unspecified atom stereocenters. The van der Waals surface area contributed by atoms with Crippen molar-refractivity contribution in [1.29, 1.82) is 0 Å². The van der Waals surface area contributed by atoms with Gasteiger partial charge < -0.3 is 20.4 Å². The van der Waals surface area contributed by atoms with Crippen molar-refractivity contribution in [3.8, 4) is 5.75 Å². The van der Waals surface area contributed by atoms with Crippen LogP contribution in [-0.2, 0) is 16.4 Å². The summed E-state index contributed by atoms with van der Waals surface area (Å²) >= 11 is 0. The van der Waals surface area contributed by atoms with Crippen molar-refractivity contribution in [2.45, 2.75) is 18.6 Å². The Morgan fingerprint density at radius 1 is 0.971 bits per heavy atom. The second-order valence-corrected chi connectivity index (χ2v) is 10.4.